The number of nitro groups is 1. The number of hydrogen-bond acceptors (Lipinski definition) is 4. The summed E-state index contributed by atoms with van der Waals surface area (Å²) < 4.78 is 78.4. The van der Waals surface area contributed by atoms with Gasteiger partial charge in [0.2, 0.25) is 0 Å². The number of piperazine rings is 1. The maximum atomic E-state index is 13.1. The van der Waals surface area contributed by atoms with Gasteiger partial charge in [-0.05, 0) is 24.3 Å². The van der Waals surface area contributed by atoms with E-state index in [9.17, 15) is 41.3 Å². The molecule has 0 spiro atoms. The lowest BCUT2D eigenvalue weighted by Gasteiger charge is -2.36. The SMILES string of the molecule is O=C(c1cccc([N+](=O)[O-])c1)N1CCN(c2cc(C(F)(F)F)cc(C(F)(F)F)c2)CC1. The molecule has 0 aromatic heterocycles. The summed E-state index contributed by atoms with van der Waals surface area (Å²) in [6, 6.07) is 6.43. The van der Waals surface area contributed by atoms with Gasteiger partial charge in [0, 0.05) is 49.6 Å². The van der Waals surface area contributed by atoms with Crippen molar-refractivity contribution in [3.8, 4) is 0 Å². The van der Waals surface area contributed by atoms with E-state index in [1.165, 1.54) is 28.0 Å². The lowest BCUT2D eigenvalue weighted by Crippen LogP contribution is -2.48. The molecule has 1 fully saturated rings. The summed E-state index contributed by atoms with van der Waals surface area (Å²) in [5.74, 6) is -0.511. The Morgan fingerprint density at radius 3 is 1.90 bits per heavy atom. The number of non-ortho nitro benzene ring substituents is 1. The minimum Gasteiger partial charge on any atom is -0.368 e. The van der Waals surface area contributed by atoms with E-state index in [1.807, 2.05) is 0 Å². The molecule has 0 aliphatic carbocycles. The summed E-state index contributed by atoms with van der Waals surface area (Å²) in [4.78, 5) is 25.5. The lowest BCUT2D eigenvalue weighted by atomic mass is 10.1. The van der Waals surface area contributed by atoms with Crippen LogP contribution in [0.15, 0.2) is 42.5 Å². The average Bonchev–Trinajstić information content (AvgIpc) is 2.72. The van der Waals surface area contributed by atoms with Crippen molar-refractivity contribution in [1.82, 2.24) is 4.90 Å². The van der Waals surface area contributed by atoms with Gasteiger partial charge in [0.25, 0.3) is 11.6 Å². The molecule has 0 saturated carbocycles. The van der Waals surface area contributed by atoms with Gasteiger partial charge in [-0.25, -0.2) is 0 Å². The number of carbonyl (C=O) groups excluding carboxylic acids is 1. The number of halogens is 6. The molecule has 0 radical (unpaired) electrons. The van der Waals surface area contributed by atoms with Gasteiger partial charge >= 0.3 is 12.4 Å². The van der Waals surface area contributed by atoms with Crippen molar-refractivity contribution in [1.29, 1.82) is 0 Å². The van der Waals surface area contributed by atoms with Crippen LogP contribution >= 0.6 is 0 Å². The molecule has 0 bridgehead atoms. The Labute approximate surface area is 171 Å². The number of rotatable bonds is 3. The van der Waals surface area contributed by atoms with E-state index in [1.54, 1.807) is 0 Å². The second-order valence-corrected chi connectivity index (χ2v) is 6.85. The Morgan fingerprint density at radius 1 is 0.871 bits per heavy atom. The second-order valence-electron chi connectivity index (χ2n) is 6.85. The predicted molar refractivity (Wildman–Crippen MR) is 97.7 cm³/mol. The minimum absolute atomic E-state index is 0.000720. The Kier molecular flexibility index (Phi) is 5.83. The maximum Gasteiger partial charge on any atom is 0.416 e. The molecule has 1 saturated heterocycles. The first kappa shape index (κ1) is 22.4. The zero-order valence-corrected chi connectivity index (χ0v) is 15.7. The van der Waals surface area contributed by atoms with Gasteiger partial charge < -0.3 is 9.80 Å². The van der Waals surface area contributed by atoms with E-state index in [0.29, 0.717) is 12.1 Å². The summed E-state index contributed by atoms with van der Waals surface area (Å²) >= 11 is 0. The predicted octanol–water partition coefficient (Wildman–Crippen LogP) is 4.59. The molecule has 12 heteroatoms. The summed E-state index contributed by atoms with van der Waals surface area (Å²) in [6.45, 7) is 0.0524. The van der Waals surface area contributed by atoms with Crippen LogP contribution in [-0.4, -0.2) is 41.9 Å². The highest BCUT2D eigenvalue weighted by atomic mass is 19.4. The third-order valence-electron chi connectivity index (χ3n) is 4.81. The van der Waals surface area contributed by atoms with Crippen molar-refractivity contribution in [3.63, 3.8) is 0 Å². The molecular formula is C19H15F6N3O3. The molecule has 31 heavy (non-hydrogen) atoms. The van der Waals surface area contributed by atoms with Gasteiger partial charge in [-0.15, -0.1) is 0 Å². The molecule has 2 aromatic carbocycles. The fourth-order valence-electron chi connectivity index (χ4n) is 3.22. The Bertz CT molecular complexity index is 966. The Morgan fingerprint density at radius 2 is 1.42 bits per heavy atom. The molecule has 3 rings (SSSR count). The monoisotopic (exact) mass is 447 g/mol. The second kappa shape index (κ2) is 8.08. The first-order valence-corrected chi connectivity index (χ1v) is 8.94. The molecule has 1 heterocycles. The van der Waals surface area contributed by atoms with E-state index >= 15 is 0 Å². The molecule has 1 aliphatic rings. The third-order valence-corrected chi connectivity index (χ3v) is 4.81. The number of nitro benzene ring substituents is 1. The Hall–Kier alpha value is -3.31. The highest BCUT2D eigenvalue weighted by Crippen LogP contribution is 2.38. The maximum absolute atomic E-state index is 13.1. The first-order chi connectivity index (χ1) is 14.4. The van der Waals surface area contributed by atoms with Gasteiger partial charge in [-0.2, -0.15) is 26.3 Å². The summed E-state index contributed by atoms with van der Waals surface area (Å²) in [7, 11) is 0. The van der Waals surface area contributed by atoms with Crippen LogP contribution in [0.2, 0.25) is 0 Å². The molecule has 0 N–H and O–H groups in total. The van der Waals surface area contributed by atoms with Crippen molar-refractivity contribution >= 4 is 17.3 Å². The van der Waals surface area contributed by atoms with Gasteiger partial charge in [0.15, 0.2) is 0 Å². The van der Waals surface area contributed by atoms with Crippen molar-refractivity contribution < 1.29 is 36.1 Å². The van der Waals surface area contributed by atoms with Crippen molar-refractivity contribution in [2.24, 2.45) is 0 Å². The van der Waals surface area contributed by atoms with Gasteiger partial charge in [0.1, 0.15) is 0 Å². The van der Waals surface area contributed by atoms with Crippen LogP contribution in [0.3, 0.4) is 0 Å². The molecule has 0 atom stereocenters. The quantitative estimate of drug-likeness (QED) is 0.392. The number of nitrogens with zero attached hydrogens (tertiary/aromatic N) is 3. The highest BCUT2D eigenvalue weighted by molar-refractivity contribution is 5.95. The highest BCUT2D eigenvalue weighted by Gasteiger charge is 2.37. The van der Waals surface area contributed by atoms with E-state index < -0.39 is 34.3 Å². The standard InChI is InChI=1S/C19H15F6N3O3/c20-18(21,22)13-9-14(19(23,24)25)11-16(10-13)26-4-6-27(7-5-26)17(29)12-2-1-3-15(8-12)28(30)31/h1-3,8-11H,4-7H2. The van der Waals surface area contributed by atoms with E-state index in [0.717, 1.165) is 6.07 Å². The molecule has 0 unspecified atom stereocenters. The molecule has 2 aromatic rings. The fourth-order valence-corrected chi connectivity index (χ4v) is 3.22. The van der Waals surface area contributed by atoms with Crippen molar-refractivity contribution in [2.45, 2.75) is 12.4 Å². The van der Waals surface area contributed by atoms with Gasteiger partial charge in [0.05, 0.1) is 16.1 Å². The smallest absolute Gasteiger partial charge is 0.368 e. The number of amides is 1. The largest absolute Gasteiger partial charge is 0.416 e. The summed E-state index contributed by atoms with van der Waals surface area (Å²) in [6.07, 6.45) is -9.90. The Balaban J connectivity index is 1.78. The lowest BCUT2D eigenvalue weighted by molar-refractivity contribution is -0.384. The average molecular weight is 447 g/mol. The van der Waals surface area contributed by atoms with E-state index in [2.05, 4.69) is 0 Å². The van der Waals surface area contributed by atoms with Crippen LogP contribution in [-0.2, 0) is 12.4 Å². The molecule has 6 nitrogen and oxygen atoms in total. The summed E-state index contributed by atoms with van der Waals surface area (Å²) in [5, 5.41) is 10.9. The minimum atomic E-state index is -4.95. The number of carbonyl (C=O) groups is 1. The number of anilines is 1. The third kappa shape index (κ3) is 5.06. The van der Waals surface area contributed by atoms with Crippen molar-refractivity contribution in [3.05, 3.63) is 69.3 Å². The summed E-state index contributed by atoms with van der Waals surface area (Å²) in [5.41, 5.74) is -3.27. The molecular weight excluding hydrogens is 432 g/mol. The first-order valence-electron chi connectivity index (χ1n) is 8.94. The van der Waals surface area contributed by atoms with Crippen LogP contribution in [0.1, 0.15) is 21.5 Å². The van der Waals surface area contributed by atoms with Crippen LogP contribution in [0.4, 0.5) is 37.7 Å². The van der Waals surface area contributed by atoms with Gasteiger partial charge in [-0.3, -0.25) is 14.9 Å². The van der Waals surface area contributed by atoms with Gasteiger partial charge in [-0.1, -0.05) is 6.07 Å². The fraction of sp³-hybridized carbons (Fsp3) is 0.316. The number of alkyl halides is 6. The van der Waals surface area contributed by atoms with E-state index in [4.69, 9.17) is 0 Å². The van der Waals surface area contributed by atoms with Crippen LogP contribution in [0, 0.1) is 10.1 Å². The molecule has 1 amide bonds. The topological polar surface area (TPSA) is 66.7 Å². The zero-order valence-electron chi connectivity index (χ0n) is 15.7. The number of hydrogen-bond donors (Lipinski definition) is 0. The normalized spacial score (nSPS) is 15.2. The number of benzene rings is 2. The zero-order chi connectivity index (χ0) is 23.0. The van der Waals surface area contributed by atoms with Crippen LogP contribution in [0.5, 0.6) is 0 Å². The van der Waals surface area contributed by atoms with Crippen LogP contribution < -0.4 is 4.90 Å². The molecule has 166 valence electrons. The van der Waals surface area contributed by atoms with Crippen LogP contribution in [0.25, 0.3) is 0 Å². The molecule has 1 aliphatic heterocycles. The van der Waals surface area contributed by atoms with E-state index in [-0.39, 0.29) is 49.2 Å². The van der Waals surface area contributed by atoms with Crippen molar-refractivity contribution in [2.75, 3.05) is 31.1 Å².